The highest BCUT2D eigenvalue weighted by atomic mass is 15.2. The van der Waals surface area contributed by atoms with Gasteiger partial charge in [0.1, 0.15) is 17.9 Å². The molecule has 0 amide bonds. The van der Waals surface area contributed by atoms with Gasteiger partial charge in [-0.2, -0.15) is 0 Å². The Kier molecular flexibility index (Phi) is 2.82. The lowest BCUT2D eigenvalue weighted by molar-refractivity contribution is -0.699. The summed E-state index contributed by atoms with van der Waals surface area (Å²) in [6.07, 6.45) is 0. The molecule has 0 unspecified atom stereocenters. The maximum Gasteiger partial charge on any atom is 0.253 e. The van der Waals surface area contributed by atoms with Crippen LogP contribution in [-0.2, 0) is 13.6 Å². The molecule has 1 aromatic carbocycles. The average molecular weight is 215 g/mol. The topological polar surface area (TPSA) is 8.81 Å². The number of hydrogen-bond donors (Lipinski definition) is 0. The molecule has 0 fully saturated rings. The van der Waals surface area contributed by atoms with Gasteiger partial charge >= 0.3 is 0 Å². The Bertz CT molecular complexity index is 470. The van der Waals surface area contributed by atoms with Crippen LogP contribution in [0.25, 0.3) is 0 Å². The van der Waals surface area contributed by atoms with Crippen molar-refractivity contribution in [3.63, 3.8) is 0 Å². The van der Waals surface area contributed by atoms with Crippen molar-refractivity contribution < 1.29 is 4.57 Å². The Labute approximate surface area is 97.2 Å². The molecule has 0 spiro atoms. The number of aromatic nitrogens is 2. The van der Waals surface area contributed by atoms with E-state index in [9.17, 15) is 0 Å². The van der Waals surface area contributed by atoms with Gasteiger partial charge in [-0.1, -0.05) is 30.3 Å². The Hall–Kier alpha value is -1.57. The van der Waals surface area contributed by atoms with Crippen LogP contribution in [0.3, 0.4) is 0 Å². The molecule has 2 heteroatoms. The lowest BCUT2D eigenvalue weighted by Crippen LogP contribution is -2.39. The number of hydrogen-bond acceptors (Lipinski definition) is 0. The van der Waals surface area contributed by atoms with Crippen LogP contribution in [-0.4, -0.2) is 4.57 Å². The normalized spacial score (nSPS) is 10.8. The highest BCUT2D eigenvalue weighted by Gasteiger charge is 2.19. The van der Waals surface area contributed by atoms with Crippen molar-refractivity contribution in [2.75, 3.05) is 0 Å². The van der Waals surface area contributed by atoms with Gasteiger partial charge in [0.15, 0.2) is 0 Å². The van der Waals surface area contributed by atoms with E-state index in [0.717, 1.165) is 6.54 Å². The molecule has 0 saturated heterocycles. The monoisotopic (exact) mass is 215 g/mol. The van der Waals surface area contributed by atoms with Gasteiger partial charge in [0.05, 0.1) is 7.05 Å². The quantitative estimate of drug-likeness (QED) is 0.680. The van der Waals surface area contributed by atoms with E-state index in [1.807, 2.05) is 0 Å². The maximum atomic E-state index is 2.37. The molecule has 0 bridgehead atoms. The van der Waals surface area contributed by atoms with E-state index in [1.165, 1.54) is 22.8 Å². The zero-order chi connectivity index (χ0) is 11.7. The highest BCUT2D eigenvalue weighted by molar-refractivity contribution is 5.14. The first-order chi connectivity index (χ1) is 7.61. The summed E-state index contributed by atoms with van der Waals surface area (Å²) in [6, 6.07) is 10.6. The van der Waals surface area contributed by atoms with Crippen LogP contribution in [0.15, 0.2) is 30.3 Å². The third-order valence-corrected chi connectivity index (χ3v) is 3.49. The number of benzene rings is 1. The minimum Gasteiger partial charge on any atom is -0.234 e. The van der Waals surface area contributed by atoms with Crippen LogP contribution in [0.4, 0.5) is 0 Å². The summed E-state index contributed by atoms with van der Waals surface area (Å²) in [4.78, 5) is 0. The van der Waals surface area contributed by atoms with Crippen LogP contribution < -0.4 is 4.57 Å². The zero-order valence-corrected chi connectivity index (χ0v) is 10.5. The van der Waals surface area contributed by atoms with Crippen molar-refractivity contribution in [2.24, 2.45) is 7.05 Å². The Morgan fingerprint density at radius 3 is 2.19 bits per heavy atom. The van der Waals surface area contributed by atoms with Crippen molar-refractivity contribution >= 4 is 0 Å². The third kappa shape index (κ3) is 1.75. The highest BCUT2D eigenvalue weighted by Crippen LogP contribution is 2.07. The molecule has 0 atom stereocenters. The first-order valence-electron chi connectivity index (χ1n) is 5.67. The molecule has 16 heavy (non-hydrogen) atoms. The van der Waals surface area contributed by atoms with Crippen LogP contribution in [0, 0.1) is 20.8 Å². The summed E-state index contributed by atoms with van der Waals surface area (Å²) in [5, 5.41) is 0. The predicted molar refractivity (Wildman–Crippen MR) is 65.4 cm³/mol. The summed E-state index contributed by atoms with van der Waals surface area (Å²) >= 11 is 0. The van der Waals surface area contributed by atoms with Crippen molar-refractivity contribution in [1.29, 1.82) is 0 Å². The first-order valence-corrected chi connectivity index (χ1v) is 5.67. The van der Waals surface area contributed by atoms with Crippen molar-refractivity contribution in [1.82, 2.24) is 4.57 Å². The van der Waals surface area contributed by atoms with Gasteiger partial charge < -0.3 is 0 Å². The molecule has 2 rings (SSSR count). The standard InChI is InChI=1S/C14H19N2/c1-11-12(2)16(13(3)15(11)4)10-14-8-6-5-7-9-14/h5-9H,10H2,1-4H3/q+1. The van der Waals surface area contributed by atoms with Crippen LogP contribution in [0.5, 0.6) is 0 Å². The lowest BCUT2D eigenvalue weighted by atomic mass is 10.2. The van der Waals surface area contributed by atoms with Gasteiger partial charge in [-0.3, -0.25) is 0 Å². The second-order valence-corrected chi connectivity index (χ2v) is 4.35. The van der Waals surface area contributed by atoms with E-state index in [4.69, 9.17) is 0 Å². The molecule has 0 saturated carbocycles. The molecule has 0 aliphatic heterocycles. The predicted octanol–water partition coefficient (Wildman–Crippen LogP) is 2.29. The van der Waals surface area contributed by atoms with Gasteiger partial charge in [-0.05, 0) is 5.56 Å². The number of imidazole rings is 1. The van der Waals surface area contributed by atoms with Crippen molar-refractivity contribution in [3.05, 3.63) is 53.1 Å². The Balaban J connectivity index is 2.39. The largest absolute Gasteiger partial charge is 0.253 e. The van der Waals surface area contributed by atoms with E-state index in [0.29, 0.717) is 0 Å². The van der Waals surface area contributed by atoms with Crippen LogP contribution >= 0.6 is 0 Å². The van der Waals surface area contributed by atoms with Gasteiger partial charge in [-0.15, -0.1) is 0 Å². The van der Waals surface area contributed by atoms with E-state index in [1.54, 1.807) is 0 Å². The van der Waals surface area contributed by atoms with E-state index >= 15 is 0 Å². The minimum atomic E-state index is 0.959. The fourth-order valence-electron chi connectivity index (χ4n) is 2.10. The first kappa shape index (κ1) is 10.9. The smallest absolute Gasteiger partial charge is 0.234 e. The summed E-state index contributed by atoms with van der Waals surface area (Å²) in [6.45, 7) is 7.48. The van der Waals surface area contributed by atoms with Gasteiger partial charge in [0.2, 0.25) is 0 Å². The molecular weight excluding hydrogens is 196 g/mol. The molecule has 0 aliphatic rings. The fraction of sp³-hybridized carbons (Fsp3) is 0.357. The van der Waals surface area contributed by atoms with Crippen molar-refractivity contribution in [3.8, 4) is 0 Å². The van der Waals surface area contributed by atoms with Crippen LogP contribution in [0.1, 0.15) is 22.8 Å². The molecule has 0 N–H and O–H groups in total. The van der Waals surface area contributed by atoms with Gasteiger partial charge in [0.25, 0.3) is 5.82 Å². The van der Waals surface area contributed by atoms with Gasteiger partial charge in [0, 0.05) is 20.8 Å². The molecule has 0 radical (unpaired) electrons. The molecule has 84 valence electrons. The lowest BCUT2D eigenvalue weighted by Gasteiger charge is -2.01. The summed E-state index contributed by atoms with van der Waals surface area (Å²) < 4.78 is 4.61. The second kappa shape index (κ2) is 4.12. The third-order valence-electron chi connectivity index (χ3n) is 3.49. The second-order valence-electron chi connectivity index (χ2n) is 4.35. The van der Waals surface area contributed by atoms with E-state index in [2.05, 4.69) is 67.3 Å². The molecule has 2 aromatic rings. The summed E-state index contributed by atoms with van der Waals surface area (Å²) in [5.41, 5.74) is 4.04. The SMILES string of the molecule is Cc1c(C)[n+](Cc2ccccc2)c(C)n1C. The molecular formula is C14H19N2+. The summed E-state index contributed by atoms with van der Waals surface area (Å²) in [5.74, 6) is 1.30. The van der Waals surface area contributed by atoms with Crippen LogP contribution in [0.2, 0.25) is 0 Å². The van der Waals surface area contributed by atoms with E-state index < -0.39 is 0 Å². The molecule has 2 nitrogen and oxygen atoms in total. The summed E-state index contributed by atoms with van der Waals surface area (Å²) in [7, 11) is 2.12. The average Bonchev–Trinajstić information content (AvgIpc) is 2.48. The number of rotatable bonds is 2. The fourth-order valence-corrected chi connectivity index (χ4v) is 2.10. The van der Waals surface area contributed by atoms with Crippen molar-refractivity contribution in [2.45, 2.75) is 27.3 Å². The zero-order valence-electron chi connectivity index (χ0n) is 10.5. The Morgan fingerprint density at radius 2 is 1.69 bits per heavy atom. The molecule has 0 aliphatic carbocycles. The number of nitrogens with zero attached hydrogens (tertiary/aromatic N) is 2. The molecule has 1 aromatic heterocycles. The maximum absolute atomic E-state index is 2.37. The van der Waals surface area contributed by atoms with Gasteiger partial charge in [-0.25, -0.2) is 9.13 Å². The Morgan fingerprint density at radius 1 is 1.06 bits per heavy atom. The minimum absolute atomic E-state index is 0.959. The van der Waals surface area contributed by atoms with E-state index in [-0.39, 0.29) is 0 Å². The molecule has 1 heterocycles.